The van der Waals surface area contributed by atoms with Crippen LogP contribution in [0.5, 0.6) is 0 Å². The summed E-state index contributed by atoms with van der Waals surface area (Å²) in [5.74, 6) is -3.95. The van der Waals surface area contributed by atoms with Gasteiger partial charge in [-0.05, 0) is 60.6 Å². The summed E-state index contributed by atoms with van der Waals surface area (Å²) in [5.41, 5.74) is 3.87. The Morgan fingerprint density at radius 2 is 1.67 bits per heavy atom. The van der Waals surface area contributed by atoms with E-state index in [2.05, 4.69) is 23.5 Å². The van der Waals surface area contributed by atoms with Crippen molar-refractivity contribution in [1.29, 1.82) is 0 Å². The number of carbonyl (C=O) groups excluding carboxylic acids is 2. The second-order valence-corrected chi connectivity index (χ2v) is 11.8. The summed E-state index contributed by atoms with van der Waals surface area (Å²) in [6.45, 7) is 5.35. The molecule has 0 saturated carbocycles. The lowest BCUT2D eigenvalue weighted by Gasteiger charge is -2.35. The van der Waals surface area contributed by atoms with Crippen LogP contribution in [-0.2, 0) is 32.1 Å². The lowest BCUT2D eigenvalue weighted by atomic mass is 9.79. The number of carboxylic acids is 1. The molecule has 0 bridgehead atoms. The Morgan fingerprint density at radius 1 is 0.974 bits per heavy atom. The number of carbonyl (C=O) groups is 3. The SMILES string of the molecule is CC(C)(C)N1C(=O)C2C(c3ccc4c(c3)Cc3ccccc3-4)NC(COCc3ccccc3)(C(=O)O)C2C1=O. The van der Waals surface area contributed by atoms with Crippen molar-refractivity contribution in [3.63, 3.8) is 0 Å². The molecule has 0 spiro atoms. The normalized spacial score (nSPS) is 25.5. The molecule has 7 heteroatoms. The van der Waals surface area contributed by atoms with Crippen molar-refractivity contribution >= 4 is 17.8 Å². The van der Waals surface area contributed by atoms with Gasteiger partial charge in [-0.3, -0.25) is 24.6 Å². The summed E-state index contributed by atoms with van der Waals surface area (Å²) in [6, 6.07) is 23.1. The average molecular weight is 525 g/mol. The summed E-state index contributed by atoms with van der Waals surface area (Å²) in [5, 5.41) is 13.9. The van der Waals surface area contributed by atoms with Crippen molar-refractivity contribution in [3.8, 4) is 11.1 Å². The minimum absolute atomic E-state index is 0.196. The van der Waals surface area contributed by atoms with Crippen LogP contribution >= 0.6 is 0 Å². The number of likely N-dealkylation sites (tertiary alicyclic amines) is 1. The van der Waals surface area contributed by atoms with Gasteiger partial charge < -0.3 is 9.84 Å². The molecule has 0 radical (unpaired) electrons. The third-order valence-electron chi connectivity index (χ3n) is 8.32. The Balaban J connectivity index is 1.39. The molecule has 6 rings (SSSR count). The Kier molecular flexibility index (Phi) is 5.97. The number of fused-ring (bicyclic) bond motifs is 4. The Bertz CT molecular complexity index is 1480. The van der Waals surface area contributed by atoms with Crippen molar-refractivity contribution in [2.45, 2.75) is 50.9 Å². The zero-order valence-corrected chi connectivity index (χ0v) is 22.3. The van der Waals surface area contributed by atoms with Gasteiger partial charge in [0.25, 0.3) is 0 Å². The number of imide groups is 1. The van der Waals surface area contributed by atoms with E-state index < -0.39 is 40.8 Å². The van der Waals surface area contributed by atoms with Gasteiger partial charge in [-0.2, -0.15) is 0 Å². The van der Waals surface area contributed by atoms with Gasteiger partial charge in [-0.15, -0.1) is 0 Å². The van der Waals surface area contributed by atoms with Crippen molar-refractivity contribution < 1.29 is 24.2 Å². The van der Waals surface area contributed by atoms with Crippen LogP contribution < -0.4 is 5.32 Å². The van der Waals surface area contributed by atoms with Crippen LogP contribution in [0.25, 0.3) is 11.1 Å². The van der Waals surface area contributed by atoms with E-state index in [4.69, 9.17) is 4.74 Å². The first-order chi connectivity index (χ1) is 18.6. The van der Waals surface area contributed by atoms with Gasteiger partial charge in [0.2, 0.25) is 11.8 Å². The molecule has 0 aromatic heterocycles. The van der Waals surface area contributed by atoms with Gasteiger partial charge in [0.1, 0.15) is 0 Å². The molecule has 2 heterocycles. The molecule has 39 heavy (non-hydrogen) atoms. The number of benzene rings is 3. The molecular formula is C32H32N2O5. The summed E-state index contributed by atoms with van der Waals surface area (Å²) < 4.78 is 5.96. The maximum Gasteiger partial charge on any atom is 0.327 e. The summed E-state index contributed by atoms with van der Waals surface area (Å²) >= 11 is 0. The molecule has 3 aromatic rings. The molecule has 2 saturated heterocycles. The molecule has 2 aliphatic heterocycles. The van der Waals surface area contributed by atoms with Crippen molar-refractivity contribution in [2.75, 3.05) is 6.61 Å². The van der Waals surface area contributed by atoms with Gasteiger partial charge in [0, 0.05) is 11.6 Å². The molecular weight excluding hydrogens is 492 g/mol. The number of amides is 2. The van der Waals surface area contributed by atoms with Crippen LogP contribution in [0, 0.1) is 11.8 Å². The monoisotopic (exact) mass is 524 g/mol. The summed E-state index contributed by atoms with van der Waals surface area (Å²) in [7, 11) is 0. The van der Waals surface area contributed by atoms with Crippen LogP contribution in [0.3, 0.4) is 0 Å². The van der Waals surface area contributed by atoms with E-state index in [1.807, 2.05) is 54.6 Å². The van der Waals surface area contributed by atoms with Crippen LogP contribution in [0.4, 0.5) is 0 Å². The molecule has 1 aliphatic carbocycles. The fourth-order valence-corrected chi connectivity index (χ4v) is 6.60. The predicted octanol–water partition coefficient (Wildman–Crippen LogP) is 4.34. The van der Waals surface area contributed by atoms with E-state index in [0.717, 1.165) is 28.7 Å². The molecule has 2 fully saturated rings. The lowest BCUT2D eigenvalue weighted by molar-refractivity contribution is -0.156. The van der Waals surface area contributed by atoms with Gasteiger partial charge in [-0.1, -0.05) is 72.8 Å². The Morgan fingerprint density at radius 3 is 2.38 bits per heavy atom. The lowest BCUT2D eigenvalue weighted by Crippen LogP contribution is -2.60. The number of hydrogen-bond acceptors (Lipinski definition) is 5. The highest BCUT2D eigenvalue weighted by atomic mass is 16.5. The average Bonchev–Trinajstić information content (AvgIpc) is 3.53. The number of nitrogens with one attached hydrogen (secondary N) is 1. The standard InChI is InChI=1S/C32H32N2O5/c1-31(2,3)34-28(35)25-26(29(34)36)32(30(37)38,18-39-17-19-9-5-4-6-10-19)33-27(25)21-13-14-24-22(16-21)15-20-11-7-8-12-23(20)24/h4-14,16,25-27,33H,15,17-18H2,1-3H3,(H,37,38). The molecule has 3 aliphatic rings. The van der Waals surface area contributed by atoms with Crippen molar-refractivity contribution in [2.24, 2.45) is 11.8 Å². The number of hydrogen-bond donors (Lipinski definition) is 2. The highest BCUT2D eigenvalue weighted by Gasteiger charge is 2.69. The zero-order valence-electron chi connectivity index (χ0n) is 22.3. The number of nitrogens with zero attached hydrogens (tertiary/aromatic N) is 1. The minimum Gasteiger partial charge on any atom is -0.480 e. The van der Waals surface area contributed by atoms with E-state index in [0.29, 0.717) is 0 Å². The highest BCUT2D eigenvalue weighted by Crippen LogP contribution is 2.51. The Labute approximate surface area is 227 Å². The smallest absolute Gasteiger partial charge is 0.327 e. The summed E-state index contributed by atoms with van der Waals surface area (Å²) in [4.78, 5) is 42.0. The number of ether oxygens (including phenoxy) is 1. The van der Waals surface area contributed by atoms with Gasteiger partial charge in [0.05, 0.1) is 25.0 Å². The third-order valence-corrected chi connectivity index (χ3v) is 8.32. The largest absolute Gasteiger partial charge is 0.480 e. The van der Waals surface area contributed by atoms with Gasteiger partial charge >= 0.3 is 5.97 Å². The van der Waals surface area contributed by atoms with Crippen LogP contribution in [0.15, 0.2) is 72.8 Å². The maximum atomic E-state index is 13.9. The van der Waals surface area contributed by atoms with Gasteiger partial charge in [-0.25, -0.2) is 0 Å². The topological polar surface area (TPSA) is 95.9 Å². The molecule has 7 nitrogen and oxygen atoms in total. The number of aliphatic carboxylic acids is 1. The molecule has 2 amide bonds. The zero-order chi connectivity index (χ0) is 27.5. The first kappa shape index (κ1) is 25.5. The van der Waals surface area contributed by atoms with Crippen molar-refractivity contribution in [3.05, 3.63) is 95.1 Å². The molecule has 200 valence electrons. The molecule has 4 unspecified atom stereocenters. The first-order valence-corrected chi connectivity index (χ1v) is 13.3. The molecule has 4 atom stereocenters. The van der Waals surface area contributed by atoms with E-state index in [-0.39, 0.29) is 19.1 Å². The quantitative estimate of drug-likeness (QED) is 0.365. The highest BCUT2D eigenvalue weighted by molar-refractivity contribution is 6.10. The summed E-state index contributed by atoms with van der Waals surface area (Å²) in [6.07, 6.45) is 0.769. The second-order valence-electron chi connectivity index (χ2n) is 11.8. The van der Waals surface area contributed by atoms with E-state index >= 15 is 0 Å². The number of carboxylic acid groups (broad SMARTS) is 1. The van der Waals surface area contributed by atoms with Crippen molar-refractivity contribution in [1.82, 2.24) is 10.2 Å². The van der Waals surface area contributed by atoms with E-state index in [9.17, 15) is 19.5 Å². The van der Waals surface area contributed by atoms with E-state index in [1.165, 1.54) is 16.0 Å². The Hall–Kier alpha value is -3.81. The first-order valence-electron chi connectivity index (χ1n) is 13.3. The molecule has 3 aromatic carbocycles. The fourth-order valence-electron chi connectivity index (χ4n) is 6.60. The van der Waals surface area contributed by atoms with Crippen LogP contribution in [-0.4, -0.2) is 45.5 Å². The van der Waals surface area contributed by atoms with Crippen LogP contribution in [0.1, 0.15) is 49.1 Å². The third kappa shape index (κ3) is 3.99. The second kappa shape index (κ2) is 9.14. The van der Waals surface area contributed by atoms with Gasteiger partial charge in [0.15, 0.2) is 5.54 Å². The van der Waals surface area contributed by atoms with E-state index in [1.54, 1.807) is 20.8 Å². The maximum absolute atomic E-state index is 13.9. The van der Waals surface area contributed by atoms with Crippen LogP contribution in [0.2, 0.25) is 0 Å². The molecule has 2 N–H and O–H groups in total. The number of rotatable bonds is 6. The predicted molar refractivity (Wildman–Crippen MR) is 146 cm³/mol. The minimum atomic E-state index is -1.75. The fraction of sp³-hybridized carbons (Fsp3) is 0.344.